The van der Waals surface area contributed by atoms with Gasteiger partial charge in [0.15, 0.2) is 0 Å². The van der Waals surface area contributed by atoms with Crippen molar-refractivity contribution in [1.29, 1.82) is 0 Å². The molecule has 27 heavy (non-hydrogen) atoms. The predicted octanol–water partition coefficient (Wildman–Crippen LogP) is 2.86. The van der Waals surface area contributed by atoms with Crippen LogP contribution in [0.2, 0.25) is 10.2 Å². The summed E-state index contributed by atoms with van der Waals surface area (Å²) in [6, 6.07) is 11.6. The molecule has 3 aromatic rings. The summed E-state index contributed by atoms with van der Waals surface area (Å²) < 4.78 is 5.10. The van der Waals surface area contributed by atoms with Crippen LogP contribution in [0.4, 0.5) is 0 Å². The molecule has 0 radical (unpaired) electrons. The van der Waals surface area contributed by atoms with Gasteiger partial charge in [-0.1, -0.05) is 23.2 Å². The van der Waals surface area contributed by atoms with Crippen molar-refractivity contribution in [2.45, 2.75) is 0 Å². The van der Waals surface area contributed by atoms with Crippen LogP contribution in [-0.2, 0) is 0 Å². The first-order valence-electron chi connectivity index (χ1n) is 7.60. The Labute approximate surface area is 163 Å². The quantitative estimate of drug-likeness (QED) is 0.456. The molecule has 1 aromatic carbocycles. The number of nitrogens with one attached hydrogen (secondary N) is 3. The molecule has 0 aliphatic heterocycles. The number of aromatic amines is 1. The van der Waals surface area contributed by atoms with Gasteiger partial charge >= 0.3 is 0 Å². The van der Waals surface area contributed by atoms with Gasteiger partial charge in [-0.3, -0.25) is 25.5 Å². The van der Waals surface area contributed by atoms with Crippen LogP contribution in [0.25, 0.3) is 11.3 Å². The first kappa shape index (κ1) is 18.7. The van der Waals surface area contributed by atoms with Gasteiger partial charge < -0.3 is 4.74 Å². The summed E-state index contributed by atoms with van der Waals surface area (Å²) in [6.45, 7) is 0. The zero-order valence-corrected chi connectivity index (χ0v) is 15.4. The van der Waals surface area contributed by atoms with E-state index in [-0.39, 0.29) is 21.6 Å². The van der Waals surface area contributed by atoms with Gasteiger partial charge in [-0.25, -0.2) is 4.98 Å². The average molecular weight is 406 g/mol. The number of rotatable bonds is 4. The Bertz CT molecular complexity index is 988. The summed E-state index contributed by atoms with van der Waals surface area (Å²) >= 11 is 11.6. The van der Waals surface area contributed by atoms with Gasteiger partial charge in [0.05, 0.1) is 17.8 Å². The van der Waals surface area contributed by atoms with Crippen molar-refractivity contribution in [2.75, 3.05) is 7.11 Å². The Morgan fingerprint density at radius 3 is 2.44 bits per heavy atom. The molecule has 10 heteroatoms. The molecule has 3 rings (SSSR count). The molecule has 0 atom stereocenters. The van der Waals surface area contributed by atoms with Gasteiger partial charge in [-0.2, -0.15) is 5.10 Å². The maximum atomic E-state index is 12.2. The molecule has 0 aliphatic carbocycles. The fourth-order valence-electron chi connectivity index (χ4n) is 2.17. The number of hydrazine groups is 1. The van der Waals surface area contributed by atoms with Crippen molar-refractivity contribution in [3.63, 3.8) is 0 Å². The van der Waals surface area contributed by atoms with Crippen molar-refractivity contribution in [2.24, 2.45) is 0 Å². The number of aromatic nitrogens is 3. The Morgan fingerprint density at radius 1 is 1.04 bits per heavy atom. The van der Waals surface area contributed by atoms with Gasteiger partial charge in [-0.15, -0.1) is 0 Å². The maximum Gasteiger partial charge on any atom is 0.289 e. The summed E-state index contributed by atoms with van der Waals surface area (Å²) in [5.74, 6) is -0.581. The van der Waals surface area contributed by atoms with Crippen LogP contribution in [0.3, 0.4) is 0 Å². The van der Waals surface area contributed by atoms with Crippen LogP contribution in [0.5, 0.6) is 5.75 Å². The van der Waals surface area contributed by atoms with Gasteiger partial charge in [0.2, 0.25) is 0 Å². The molecule has 3 N–H and O–H groups in total. The number of ether oxygens (including phenoxy) is 1. The topological polar surface area (TPSA) is 109 Å². The van der Waals surface area contributed by atoms with Crippen molar-refractivity contribution >= 4 is 35.0 Å². The van der Waals surface area contributed by atoms with E-state index in [0.717, 1.165) is 5.56 Å². The van der Waals surface area contributed by atoms with Crippen LogP contribution in [0.1, 0.15) is 21.0 Å². The SMILES string of the molecule is COc1ccc(-c2cc(C(=O)NNC(=O)c3nc(Cl)ccc3Cl)[nH]n2)cc1. The lowest BCUT2D eigenvalue weighted by atomic mass is 10.1. The molecule has 0 aliphatic rings. The normalized spacial score (nSPS) is 10.3. The molecule has 0 bridgehead atoms. The standard InChI is InChI=1S/C17H13Cl2N5O3/c1-27-10-4-2-9(3-5-10)12-8-13(22-21-12)16(25)23-24-17(26)15-11(18)6-7-14(19)20-15/h2-8H,1H3,(H,21,22)(H,23,25)(H,24,26). The third kappa shape index (κ3) is 4.36. The molecular weight excluding hydrogens is 393 g/mol. The van der Waals surface area contributed by atoms with Crippen LogP contribution in [0.15, 0.2) is 42.5 Å². The number of amides is 2. The molecule has 0 saturated heterocycles. The largest absolute Gasteiger partial charge is 0.497 e. The summed E-state index contributed by atoms with van der Waals surface area (Å²) in [7, 11) is 1.58. The van der Waals surface area contributed by atoms with Crippen LogP contribution in [0, 0.1) is 0 Å². The van der Waals surface area contributed by atoms with Crippen molar-refractivity contribution in [1.82, 2.24) is 26.0 Å². The number of benzene rings is 1. The van der Waals surface area contributed by atoms with E-state index in [2.05, 4.69) is 26.0 Å². The summed E-state index contributed by atoms with van der Waals surface area (Å²) in [5, 5.41) is 6.90. The van der Waals surface area contributed by atoms with Gasteiger partial charge in [-0.05, 0) is 42.5 Å². The summed E-state index contributed by atoms with van der Waals surface area (Å²) in [4.78, 5) is 28.1. The second-order valence-corrected chi connectivity index (χ2v) is 6.06. The lowest BCUT2D eigenvalue weighted by Gasteiger charge is -2.07. The Morgan fingerprint density at radius 2 is 1.74 bits per heavy atom. The minimum absolute atomic E-state index is 0.104. The smallest absolute Gasteiger partial charge is 0.289 e. The predicted molar refractivity (Wildman–Crippen MR) is 99.8 cm³/mol. The third-order valence-electron chi connectivity index (χ3n) is 3.52. The highest BCUT2D eigenvalue weighted by molar-refractivity contribution is 6.34. The monoisotopic (exact) mass is 405 g/mol. The second-order valence-electron chi connectivity index (χ2n) is 5.27. The number of H-pyrrole nitrogens is 1. The summed E-state index contributed by atoms with van der Waals surface area (Å²) in [5.41, 5.74) is 5.89. The van der Waals surface area contributed by atoms with E-state index in [0.29, 0.717) is 11.4 Å². The molecular formula is C17H13Cl2N5O3. The molecule has 2 amide bonds. The highest BCUT2D eigenvalue weighted by Crippen LogP contribution is 2.21. The molecule has 0 spiro atoms. The average Bonchev–Trinajstić information content (AvgIpc) is 3.18. The first-order chi connectivity index (χ1) is 13.0. The van der Waals surface area contributed by atoms with E-state index < -0.39 is 11.8 Å². The van der Waals surface area contributed by atoms with Crippen molar-refractivity contribution in [3.8, 4) is 17.0 Å². The lowest BCUT2D eigenvalue weighted by Crippen LogP contribution is -2.42. The van der Waals surface area contributed by atoms with E-state index in [1.165, 1.54) is 12.1 Å². The maximum absolute atomic E-state index is 12.2. The van der Waals surface area contributed by atoms with Gasteiger partial charge in [0.1, 0.15) is 22.3 Å². The minimum atomic E-state index is -0.703. The van der Waals surface area contributed by atoms with E-state index >= 15 is 0 Å². The molecule has 0 unspecified atom stereocenters. The van der Waals surface area contributed by atoms with E-state index in [1.54, 1.807) is 25.3 Å². The highest BCUT2D eigenvalue weighted by atomic mass is 35.5. The van der Waals surface area contributed by atoms with Gasteiger partial charge in [0.25, 0.3) is 11.8 Å². The third-order valence-corrected chi connectivity index (χ3v) is 4.04. The number of hydrogen-bond acceptors (Lipinski definition) is 5. The molecule has 138 valence electrons. The molecule has 2 heterocycles. The van der Waals surface area contributed by atoms with Crippen LogP contribution >= 0.6 is 23.2 Å². The van der Waals surface area contributed by atoms with Crippen molar-refractivity contribution in [3.05, 3.63) is 64.0 Å². The Balaban J connectivity index is 1.65. The molecule has 0 fully saturated rings. The number of pyridine rings is 1. The van der Waals surface area contributed by atoms with Crippen LogP contribution in [-0.4, -0.2) is 34.1 Å². The zero-order valence-electron chi connectivity index (χ0n) is 13.9. The minimum Gasteiger partial charge on any atom is -0.497 e. The second kappa shape index (κ2) is 8.07. The molecule has 8 nitrogen and oxygen atoms in total. The lowest BCUT2D eigenvalue weighted by molar-refractivity contribution is 0.0841. The van der Waals surface area contributed by atoms with E-state index in [4.69, 9.17) is 27.9 Å². The Hall–Kier alpha value is -3.10. The number of hydrogen-bond donors (Lipinski definition) is 3. The van der Waals surface area contributed by atoms with Crippen molar-refractivity contribution < 1.29 is 14.3 Å². The van der Waals surface area contributed by atoms with Gasteiger partial charge in [0, 0.05) is 5.56 Å². The fraction of sp³-hybridized carbons (Fsp3) is 0.0588. The fourth-order valence-corrected chi connectivity index (χ4v) is 2.50. The molecule has 2 aromatic heterocycles. The number of methoxy groups -OCH3 is 1. The number of carbonyl (C=O) groups is 2. The highest BCUT2D eigenvalue weighted by Gasteiger charge is 2.16. The van der Waals surface area contributed by atoms with E-state index in [9.17, 15) is 9.59 Å². The van der Waals surface area contributed by atoms with E-state index in [1.807, 2.05) is 12.1 Å². The Kier molecular flexibility index (Phi) is 5.58. The number of nitrogens with zero attached hydrogens (tertiary/aromatic N) is 2. The first-order valence-corrected chi connectivity index (χ1v) is 8.36. The summed E-state index contributed by atoms with van der Waals surface area (Å²) in [6.07, 6.45) is 0. The number of carbonyl (C=O) groups excluding carboxylic acids is 2. The van der Waals surface area contributed by atoms with Crippen LogP contribution < -0.4 is 15.6 Å². The number of halogens is 2. The zero-order chi connectivity index (χ0) is 19.4. The molecule has 0 saturated carbocycles.